The van der Waals surface area contributed by atoms with E-state index >= 15 is 0 Å². The van der Waals surface area contributed by atoms with Crippen molar-refractivity contribution >= 4 is 15.7 Å². The summed E-state index contributed by atoms with van der Waals surface area (Å²) in [7, 11) is -3.52. The van der Waals surface area contributed by atoms with E-state index in [0.717, 1.165) is 5.56 Å². The van der Waals surface area contributed by atoms with Gasteiger partial charge in [0.2, 0.25) is 10.0 Å². The van der Waals surface area contributed by atoms with E-state index in [9.17, 15) is 13.5 Å². The van der Waals surface area contributed by atoms with Crippen molar-refractivity contribution in [2.45, 2.75) is 25.7 Å². The lowest BCUT2D eigenvalue weighted by atomic mass is 10.1. The van der Waals surface area contributed by atoms with Crippen molar-refractivity contribution in [3.05, 3.63) is 138 Å². The Kier molecular flexibility index (Phi) is 8.54. The van der Waals surface area contributed by atoms with Crippen LogP contribution in [0.2, 0.25) is 0 Å². The lowest BCUT2D eigenvalue weighted by molar-refractivity contribution is 0.105. The number of hydrogen-bond acceptors (Lipinski definition) is 4. The van der Waals surface area contributed by atoms with Crippen LogP contribution in [0.25, 0.3) is 0 Å². The lowest BCUT2D eigenvalue weighted by Gasteiger charge is -2.27. The molecule has 0 heterocycles. The van der Waals surface area contributed by atoms with Gasteiger partial charge in [-0.2, -0.15) is 0 Å². The van der Waals surface area contributed by atoms with Gasteiger partial charge in [0.05, 0.1) is 24.6 Å². The number of benzene rings is 4. The molecule has 6 heteroatoms. The molecule has 4 aromatic rings. The van der Waals surface area contributed by atoms with Crippen LogP contribution in [0.3, 0.4) is 0 Å². The molecule has 1 atom stereocenters. The Labute approximate surface area is 214 Å². The first-order chi connectivity index (χ1) is 17.4. The Morgan fingerprint density at radius 1 is 0.667 bits per heavy atom. The number of nitrogens with zero attached hydrogens (tertiary/aromatic N) is 2. The second kappa shape index (κ2) is 12.0. The third kappa shape index (κ3) is 7.28. The molecule has 0 aliphatic carbocycles. The largest absolute Gasteiger partial charge is 0.387 e. The molecule has 186 valence electrons. The molecular formula is C30H32N2O3S. The Balaban J connectivity index is 1.56. The van der Waals surface area contributed by atoms with Gasteiger partial charge in [0.15, 0.2) is 0 Å². The molecule has 5 nitrogen and oxygen atoms in total. The Bertz CT molecular complexity index is 1290. The van der Waals surface area contributed by atoms with Gasteiger partial charge in [-0.15, -0.1) is 0 Å². The minimum atomic E-state index is -3.52. The maximum Gasteiger partial charge on any atom is 0.232 e. The standard InChI is InChI=1S/C30H32N2O3S/c1-36(34,35)32(23-27-16-9-4-10-17-27)29-19-11-18-28(20-29)30(33)24-31(21-25-12-5-2-6-13-25)22-26-14-7-3-8-15-26/h2-20,30,33H,21-24H2,1H3/t30-/m1/s1. The van der Waals surface area contributed by atoms with Gasteiger partial charge in [-0.1, -0.05) is 103 Å². The van der Waals surface area contributed by atoms with Crippen molar-refractivity contribution in [2.24, 2.45) is 0 Å². The second-order valence-corrected chi connectivity index (χ2v) is 10.9. The lowest BCUT2D eigenvalue weighted by Crippen LogP contribution is -2.30. The number of aliphatic hydroxyl groups excluding tert-OH is 1. The van der Waals surface area contributed by atoms with Crippen LogP contribution in [-0.4, -0.2) is 31.2 Å². The number of rotatable bonds is 11. The van der Waals surface area contributed by atoms with Gasteiger partial charge in [0, 0.05) is 19.6 Å². The fourth-order valence-corrected chi connectivity index (χ4v) is 5.13. The zero-order valence-corrected chi connectivity index (χ0v) is 21.3. The fourth-order valence-electron chi connectivity index (χ4n) is 4.25. The molecule has 0 amide bonds. The van der Waals surface area contributed by atoms with Crippen LogP contribution in [0.4, 0.5) is 5.69 Å². The molecule has 4 aromatic carbocycles. The van der Waals surface area contributed by atoms with Crippen molar-refractivity contribution in [1.29, 1.82) is 0 Å². The zero-order chi connectivity index (χ0) is 25.4. The molecule has 0 saturated carbocycles. The van der Waals surface area contributed by atoms with Crippen LogP contribution in [0.15, 0.2) is 115 Å². The van der Waals surface area contributed by atoms with E-state index in [1.54, 1.807) is 18.2 Å². The second-order valence-electron chi connectivity index (χ2n) is 9.01. The first kappa shape index (κ1) is 25.6. The monoisotopic (exact) mass is 500 g/mol. The van der Waals surface area contributed by atoms with Gasteiger partial charge in [-0.25, -0.2) is 8.42 Å². The summed E-state index contributed by atoms with van der Waals surface area (Å²) in [4.78, 5) is 2.21. The van der Waals surface area contributed by atoms with Crippen molar-refractivity contribution in [3.8, 4) is 0 Å². The van der Waals surface area contributed by atoms with Crippen molar-refractivity contribution in [2.75, 3.05) is 17.1 Å². The van der Waals surface area contributed by atoms with E-state index in [1.807, 2.05) is 72.8 Å². The highest BCUT2D eigenvalue weighted by Crippen LogP contribution is 2.26. The molecule has 0 spiro atoms. The molecule has 0 fully saturated rings. The van der Waals surface area contributed by atoms with Crippen molar-refractivity contribution < 1.29 is 13.5 Å². The maximum absolute atomic E-state index is 12.7. The van der Waals surface area contributed by atoms with Gasteiger partial charge in [0.25, 0.3) is 0 Å². The summed E-state index contributed by atoms with van der Waals surface area (Å²) in [6, 6.07) is 37.1. The molecule has 0 aliphatic heterocycles. The summed E-state index contributed by atoms with van der Waals surface area (Å²) < 4.78 is 26.7. The summed E-state index contributed by atoms with van der Waals surface area (Å²) in [5, 5.41) is 11.2. The summed E-state index contributed by atoms with van der Waals surface area (Å²) in [6.07, 6.45) is 0.427. The van der Waals surface area contributed by atoms with Gasteiger partial charge < -0.3 is 5.11 Å². The van der Waals surface area contributed by atoms with Crippen LogP contribution >= 0.6 is 0 Å². The summed E-state index contributed by atoms with van der Waals surface area (Å²) in [5.74, 6) is 0. The van der Waals surface area contributed by atoms with Crippen LogP contribution in [0, 0.1) is 0 Å². The van der Waals surface area contributed by atoms with Crippen LogP contribution in [-0.2, 0) is 29.7 Å². The third-order valence-electron chi connectivity index (χ3n) is 6.04. The van der Waals surface area contributed by atoms with Gasteiger partial charge in [0.1, 0.15) is 0 Å². The van der Waals surface area contributed by atoms with Crippen LogP contribution < -0.4 is 4.31 Å². The number of anilines is 1. The molecule has 0 radical (unpaired) electrons. The van der Waals surface area contributed by atoms with Gasteiger partial charge >= 0.3 is 0 Å². The van der Waals surface area contributed by atoms with E-state index < -0.39 is 16.1 Å². The molecule has 0 unspecified atom stereocenters. The minimum absolute atomic E-state index is 0.230. The summed E-state index contributed by atoms with van der Waals surface area (Å²) in [6.45, 7) is 2.02. The van der Waals surface area contributed by atoms with Gasteiger partial charge in [-0.3, -0.25) is 9.21 Å². The molecule has 0 bridgehead atoms. The predicted octanol–water partition coefficient (Wildman–Crippen LogP) is 5.39. The molecule has 36 heavy (non-hydrogen) atoms. The van der Waals surface area contributed by atoms with Crippen molar-refractivity contribution in [3.63, 3.8) is 0 Å². The number of aliphatic hydroxyl groups is 1. The third-order valence-corrected chi connectivity index (χ3v) is 7.18. The van der Waals surface area contributed by atoms with Gasteiger partial charge in [-0.05, 0) is 34.4 Å². The highest BCUT2D eigenvalue weighted by molar-refractivity contribution is 7.92. The van der Waals surface area contributed by atoms with Crippen LogP contribution in [0.5, 0.6) is 0 Å². The van der Waals surface area contributed by atoms with E-state index in [1.165, 1.54) is 21.7 Å². The maximum atomic E-state index is 12.7. The van der Waals surface area contributed by atoms with E-state index in [-0.39, 0.29) is 6.54 Å². The average molecular weight is 501 g/mol. The SMILES string of the molecule is CS(=O)(=O)N(Cc1ccccc1)c1cccc([C@H](O)CN(Cc2ccccc2)Cc2ccccc2)c1. The minimum Gasteiger partial charge on any atom is -0.387 e. The Hall–Kier alpha value is -3.45. The average Bonchev–Trinajstić information content (AvgIpc) is 2.88. The first-order valence-corrected chi connectivity index (χ1v) is 13.8. The molecule has 1 N–H and O–H groups in total. The summed E-state index contributed by atoms with van der Waals surface area (Å²) in [5.41, 5.74) is 4.45. The molecule has 0 aliphatic rings. The van der Waals surface area contributed by atoms with Crippen molar-refractivity contribution in [1.82, 2.24) is 4.90 Å². The molecule has 0 aromatic heterocycles. The Morgan fingerprint density at radius 2 is 1.14 bits per heavy atom. The number of hydrogen-bond donors (Lipinski definition) is 1. The topological polar surface area (TPSA) is 60.9 Å². The highest BCUT2D eigenvalue weighted by Gasteiger charge is 2.20. The first-order valence-electron chi connectivity index (χ1n) is 12.0. The smallest absolute Gasteiger partial charge is 0.232 e. The Morgan fingerprint density at radius 3 is 1.61 bits per heavy atom. The molecule has 4 rings (SSSR count). The molecule has 0 saturated heterocycles. The molecular weight excluding hydrogens is 468 g/mol. The van der Waals surface area contributed by atoms with E-state index in [4.69, 9.17) is 0 Å². The summed E-state index contributed by atoms with van der Waals surface area (Å²) >= 11 is 0. The fraction of sp³-hybridized carbons (Fsp3) is 0.200. The quantitative estimate of drug-likeness (QED) is 0.300. The normalized spacial score (nSPS) is 12.4. The number of sulfonamides is 1. The predicted molar refractivity (Wildman–Crippen MR) is 146 cm³/mol. The van der Waals surface area contributed by atoms with E-state index in [0.29, 0.717) is 30.9 Å². The van der Waals surface area contributed by atoms with E-state index in [2.05, 4.69) is 29.2 Å². The zero-order valence-electron chi connectivity index (χ0n) is 20.4. The highest BCUT2D eigenvalue weighted by atomic mass is 32.2. The van der Waals surface area contributed by atoms with Crippen LogP contribution in [0.1, 0.15) is 28.4 Å².